The van der Waals surface area contributed by atoms with Gasteiger partial charge in [0.25, 0.3) is 5.91 Å². The van der Waals surface area contributed by atoms with E-state index in [0.29, 0.717) is 24.3 Å². The average molecular weight is 393 g/mol. The van der Waals surface area contributed by atoms with Crippen LogP contribution in [0.1, 0.15) is 22.8 Å². The molecule has 0 aliphatic heterocycles. The van der Waals surface area contributed by atoms with Crippen LogP contribution in [-0.4, -0.2) is 32.1 Å². The van der Waals surface area contributed by atoms with Crippen molar-refractivity contribution in [2.75, 3.05) is 26.0 Å². The smallest absolute Gasteiger partial charge is 0.310 e. The van der Waals surface area contributed by atoms with E-state index in [2.05, 4.69) is 5.32 Å². The molecule has 2 rings (SSSR count). The van der Waals surface area contributed by atoms with Gasteiger partial charge in [-0.3, -0.25) is 9.59 Å². The minimum Gasteiger partial charge on any atom is -0.494 e. The number of nitrogen functional groups attached to an aromatic ring is 1. The van der Waals surface area contributed by atoms with E-state index in [4.69, 9.17) is 15.2 Å². The molecule has 0 spiro atoms. The molecule has 0 bridgehead atoms. The van der Waals surface area contributed by atoms with Crippen LogP contribution in [-0.2, 0) is 16.0 Å². The van der Waals surface area contributed by atoms with Crippen LogP contribution in [0, 0.1) is 5.92 Å². The standard InChI is InChI=1S/C20H24N2O4.ClH/c1-3-26-18-9-7-14(8-10-18)11-16(20(24)25-2)13-22-19(23)15-5-4-6-17(21)12-15;/h4-10,12,16H,3,11,13,21H2,1-2H3,(H,22,23);1H. The Labute approximate surface area is 165 Å². The fourth-order valence-electron chi connectivity index (χ4n) is 2.58. The van der Waals surface area contributed by atoms with E-state index in [1.807, 2.05) is 31.2 Å². The highest BCUT2D eigenvalue weighted by Gasteiger charge is 2.21. The second kappa shape index (κ2) is 11.1. The first-order chi connectivity index (χ1) is 12.5. The summed E-state index contributed by atoms with van der Waals surface area (Å²) in [6, 6.07) is 14.2. The zero-order valence-electron chi connectivity index (χ0n) is 15.4. The molecule has 2 aromatic carbocycles. The highest BCUT2D eigenvalue weighted by atomic mass is 35.5. The lowest BCUT2D eigenvalue weighted by molar-refractivity contribution is -0.145. The van der Waals surface area contributed by atoms with Crippen molar-refractivity contribution >= 4 is 30.0 Å². The normalized spacial score (nSPS) is 11.0. The Hall–Kier alpha value is -2.73. The van der Waals surface area contributed by atoms with Crippen LogP contribution in [0.4, 0.5) is 5.69 Å². The molecule has 0 aliphatic carbocycles. The third-order valence-corrected chi connectivity index (χ3v) is 3.91. The first kappa shape index (κ1) is 22.3. The number of nitrogens with two attached hydrogens (primary N) is 1. The van der Waals surface area contributed by atoms with Gasteiger partial charge in [-0.15, -0.1) is 12.4 Å². The van der Waals surface area contributed by atoms with Crippen molar-refractivity contribution in [3.63, 3.8) is 0 Å². The molecule has 0 saturated carbocycles. The second-order valence-corrected chi connectivity index (χ2v) is 5.84. The zero-order chi connectivity index (χ0) is 18.9. The summed E-state index contributed by atoms with van der Waals surface area (Å²) in [5.74, 6) is -0.353. The molecule has 0 radical (unpaired) electrons. The molecule has 146 valence electrons. The number of carbonyl (C=O) groups excluding carboxylic acids is 2. The van der Waals surface area contributed by atoms with Gasteiger partial charge < -0.3 is 20.5 Å². The van der Waals surface area contributed by atoms with Crippen LogP contribution in [0.15, 0.2) is 48.5 Å². The molecule has 0 aliphatic rings. The van der Waals surface area contributed by atoms with Gasteiger partial charge in [0.1, 0.15) is 5.75 Å². The second-order valence-electron chi connectivity index (χ2n) is 5.84. The Bertz CT molecular complexity index is 750. The van der Waals surface area contributed by atoms with Gasteiger partial charge in [-0.25, -0.2) is 0 Å². The fraction of sp³-hybridized carbons (Fsp3) is 0.300. The quantitative estimate of drug-likeness (QED) is 0.532. The molecule has 2 aromatic rings. The van der Waals surface area contributed by atoms with Crippen molar-refractivity contribution < 1.29 is 19.1 Å². The molecule has 7 heteroatoms. The number of methoxy groups -OCH3 is 1. The Kier molecular flexibility index (Phi) is 9.16. The number of esters is 1. The van der Waals surface area contributed by atoms with Crippen molar-refractivity contribution in [3.05, 3.63) is 59.7 Å². The molecule has 1 unspecified atom stereocenters. The van der Waals surface area contributed by atoms with Crippen molar-refractivity contribution in [1.82, 2.24) is 5.32 Å². The number of nitrogens with one attached hydrogen (secondary N) is 1. The van der Waals surface area contributed by atoms with Gasteiger partial charge in [-0.1, -0.05) is 18.2 Å². The molecule has 0 fully saturated rings. The molecule has 6 nitrogen and oxygen atoms in total. The maximum absolute atomic E-state index is 12.2. The number of benzene rings is 2. The Balaban J connectivity index is 0.00000364. The van der Waals surface area contributed by atoms with Crippen molar-refractivity contribution in [3.8, 4) is 5.75 Å². The monoisotopic (exact) mass is 392 g/mol. The Morgan fingerprint density at radius 1 is 1.15 bits per heavy atom. The van der Waals surface area contributed by atoms with E-state index in [9.17, 15) is 9.59 Å². The number of halogens is 1. The van der Waals surface area contributed by atoms with Crippen LogP contribution >= 0.6 is 12.4 Å². The summed E-state index contributed by atoms with van der Waals surface area (Å²) < 4.78 is 10.3. The van der Waals surface area contributed by atoms with Crippen LogP contribution < -0.4 is 15.8 Å². The van der Waals surface area contributed by atoms with Gasteiger partial charge >= 0.3 is 5.97 Å². The highest BCUT2D eigenvalue weighted by Crippen LogP contribution is 2.16. The van der Waals surface area contributed by atoms with E-state index in [1.54, 1.807) is 24.3 Å². The highest BCUT2D eigenvalue weighted by molar-refractivity contribution is 5.95. The number of ether oxygens (including phenoxy) is 2. The zero-order valence-corrected chi connectivity index (χ0v) is 16.3. The van der Waals surface area contributed by atoms with Gasteiger partial charge in [0, 0.05) is 17.8 Å². The predicted octanol–water partition coefficient (Wildman–Crippen LogP) is 2.85. The molecular formula is C20H25ClN2O4. The summed E-state index contributed by atoms with van der Waals surface area (Å²) in [5.41, 5.74) is 7.62. The summed E-state index contributed by atoms with van der Waals surface area (Å²) in [7, 11) is 1.34. The van der Waals surface area contributed by atoms with Crippen molar-refractivity contribution in [2.45, 2.75) is 13.3 Å². The van der Waals surface area contributed by atoms with E-state index in [-0.39, 0.29) is 30.8 Å². The third kappa shape index (κ3) is 6.83. The number of amides is 1. The van der Waals surface area contributed by atoms with Crippen LogP contribution in [0.3, 0.4) is 0 Å². The molecule has 0 heterocycles. The first-order valence-electron chi connectivity index (χ1n) is 8.46. The third-order valence-electron chi connectivity index (χ3n) is 3.91. The summed E-state index contributed by atoms with van der Waals surface area (Å²) in [6.07, 6.45) is 0.455. The van der Waals surface area contributed by atoms with Crippen LogP contribution in [0.2, 0.25) is 0 Å². The van der Waals surface area contributed by atoms with E-state index >= 15 is 0 Å². The predicted molar refractivity (Wildman–Crippen MR) is 107 cm³/mol. The van der Waals surface area contributed by atoms with Gasteiger partial charge in [0.15, 0.2) is 0 Å². The maximum atomic E-state index is 12.2. The minimum absolute atomic E-state index is 0. The Morgan fingerprint density at radius 2 is 1.85 bits per heavy atom. The maximum Gasteiger partial charge on any atom is 0.310 e. The molecule has 27 heavy (non-hydrogen) atoms. The SMILES string of the molecule is CCOc1ccc(CC(CNC(=O)c2cccc(N)c2)C(=O)OC)cc1.Cl. The largest absolute Gasteiger partial charge is 0.494 e. The van der Waals surface area contributed by atoms with E-state index < -0.39 is 5.92 Å². The van der Waals surface area contributed by atoms with Crippen molar-refractivity contribution in [1.29, 1.82) is 0 Å². The lowest BCUT2D eigenvalue weighted by Crippen LogP contribution is -2.34. The lowest BCUT2D eigenvalue weighted by atomic mass is 9.99. The average Bonchev–Trinajstić information content (AvgIpc) is 2.65. The number of anilines is 1. The van der Waals surface area contributed by atoms with Gasteiger partial charge in [-0.2, -0.15) is 0 Å². The molecule has 0 saturated heterocycles. The molecule has 1 atom stereocenters. The molecule has 1 amide bonds. The summed E-state index contributed by atoms with van der Waals surface area (Å²) in [5, 5.41) is 2.77. The van der Waals surface area contributed by atoms with Gasteiger partial charge in [0.05, 0.1) is 19.6 Å². The molecule has 0 aromatic heterocycles. The minimum atomic E-state index is -0.483. The summed E-state index contributed by atoms with van der Waals surface area (Å²) in [4.78, 5) is 24.3. The topological polar surface area (TPSA) is 90.6 Å². The van der Waals surface area contributed by atoms with Crippen molar-refractivity contribution in [2.24, 2.45) is 5.92 Å². The number of carbonyl (C=O) groups is 2. The number of hydrogen-bond donors (Lipinski definition) is 2. The number of hydrogen-bond acceptors (Lipinski definition) is 5. The summed E-state index contributed by atoms with van der Waals surface area (Å²) in [6.45, 7) is 2.69. The molecular weight excluding hydrogens is 368 g/mol. The van der Waals surface area contributed by atoms with E-state index in [1.165, 1.54) is 7.11 Å². The van der Waals surface area contributed by atoms with E-state index in [0.717, 1.165) is 11.3 Å². The van der Waals surface area contributed by atoms with Gasteiger partial charge in [0.2, 0.25) is 0 Å². The van der Waals surface area contributed by atoms with Crippen LogP contribution in [0.5, 0.6) is 5.75 Å². The first-order valence-corrected chi connectivity index (χ1v) is 8.46. The fourth-order valence-corrected chi connectivity index (χ4v) is 2.58. The number of rotatable bonds is 8. The molecule has 3 N–H and O–H groups in total. The Morgan fingerprint density at radius 3 is 2.44 bits per heavy atom. The van der Waals surface area contributed by atoms with Gasteiger partial charge in [-0.05, 0) is 49.2 Å². The summed E-state index contributed by atoms with van der Waals surface area (Å²) >= 11 is 0. The van der Waals surface area contributed by atoms with Crippen LogP contribution in [0.25, 0.3) is 0 Å². The lowest BCUT2D eigenvalue weighted by Gasteiger charge is -2.16.